The number of benzene rings is 4. The van der Waals surface area contributed by atoms with E-state index in [1.807, 2.05) is 97.1 Å². The summed E-state index contributed by atoms with van der Waals surface area (Å²) in [5.74, 6) is -1.06. The van der Waals surface area contributed by atoms with Crippen LogP contribution in [0.1, 0.15) is 48.2 Å². The van der Waals surface area contributed by atoms with E-state index in [9.17, 15) is 29.4 Å². The van der Waals surface area contributed by atoms with Crippen molar-refractivity contribution < 1.29 is 38.9 Å². The van der Waals surface area contributed by atoms with Crippen LogP contribution in [0.3, 0.4) is 0 Å². The van der Waals surface area contributed by atoms with Crippen LogP contribution in [-0.2, 0) is 32.0 Å². The molecule has 4 aromatic rings. The molecule has 54 heavy (non-hydrogen) atoms. The number of hydrogen-bond acceptors (Lipinski definition) is 8. The van der Waals surface area contributed by atoms with Gasteiger partial charge in [-0.2, -0.15) is 0 Å². The van der Waals surface area contributed by atoms with Gasteiger partial charge in [-0.1, -0.05) is 86.5 Å². The second-order valence-electron chi connectivity index (χ2n) is 12.7. The molecule has 2 heterocycles. The Bertz CT molecular complexity index is 2090. The van der Waals surface area contributed by atoms with Gasteiger partial charge < -0.3 is 29.5 Å². The van der Waals surface area contributed by atoms with Crippen molar-refractivity contribution in [3.63, 3.8) is 0 Å². The molecule has 0 saturated carbocycles. The Morgan fingerprint density at radius 1 is 0.630 bits per heavy atom. The van der Waals surface area contributed by atoms with Gasteiger partial charge in [0.15, 0.2) is 23.1 Å². The van der Waals surface area contributed by atoms with Crippen LogP contribution in [-0.4, -0.2) is 70.7 Å². The van der Waals surface area contributed by atoms with Crippen LogP contribution in [0.25, 0.3) is 0 Å². The fourth-order valence-corrected chi connectivity index (χ4v) is 7.19. The molecule has 12 heteroatoms. The minimum atomic E-state index is -0.599. The van der Waals surface area contributed by atoms with E-state index < -0.39 is 35.4 Å². The van der Waals surface area contributed by atoms with E-state index in [1.54, 1.807) is 24.0 Å². The zero-order valence-corrected chi connectivity index (χ0v) is 33.4. The van der Waals surface area contributed by atoms with Gasteiger partial charge in [-0.25, -0.2) is 0 Å². The number of methoxy groups -OCH3 is 2. The van der Waals surface area contributed by atoms with E-state index >= 15 is 0 Å². The van der Waals surface area contributed by atoms with Crippen LogP contribution in [0.5, 0.6) is 11.5 Å². The molecule has 0 spiro atoms. The molecular formula is C42H40Br2N2O8. The molecule has 0 fully saturated rings. The molecule has 280 valence electrons. The number of hydrogen-bond donors (Lipinski definition) is 2. The molecule has 0 aliphatic carbocycles. The van der Waals surface area contributed by atoms with Crippen LogP contribution in [0, 0.1) is 0 Å². The van der Waals surface area contributed by atoms with Gasteiger partial charge in [0.05, 0.1) is 37.4 Å². The minimum absolute atomic E-state index is 0.141. The van der Waals surface area contributed by atoms with E-state index in [4.69, 9.17) is 9.47 Å². The zero-order valence-electron chi connectivity index (χ0n) is 30.2. The number of aliphatic hydroxyl groups is 2. The number of para-hydroxylation sites is 1. The molecule has 2 aliphatic heterocycles. The standard InChI is InChI=1S/2C21H20BrNO4/c1-13(24)18-19(15-5-7-16(22)8-6-15)23(21(26)20(18)25)12-11-14-3-9-17(27-2)10-4-14;1-13(24)18-19(15-7-9-16(22)10-8-15)23(21(26)20(18)25)12-11-14-5-3-4-6-17(14)27-2/h2*3-10,19,25H,11-12H2,1-2H3. The molecule has 10 nitrogen and oxygen atoms in total. The van der Waals surface area contributed by atoms with E-state index in [2.05, 4.69) is 31.9 Å². The first kappa shape index (κ1) is 40.0. The van der Waals surface area contributed by atoms with E-state index in [0.29, 0.717) is 25.9 Å². The fourth-order valence-electron chi connectivity index (χ4n) is 6.66. The largest absolute Gasteiger partial charge is 0.503 e. The van der Waals surface area contributed by atoms with Gasteiger partial charge in [-0.05, 0) is 91.4 Å². The molecule has 0 bridgehead atoms. The molecule has 6 rings (SSSR count). The summed E-state index contributed by atoms with van der Waals surface area (Å²) in [6, 6.07) is 28.8. The minimum Gasteiger partial charge on any atom is -0.503 e. The highest BCUT2D eigenvalue weighted by molar-refractivity contribution is 9.10. The number of Topliss-reactive ketones (excluding diaryl/α,β-unsaturated/α-hetero) is 2. The maximum atomic E-state index is 12.7. The third kappa shape index (κ3) is 8.77. The summed E-state index contributed by atoms with van der Waals surface area (Å²) in [6.07, 6.45) is 1.14. The van der Waals surface area contributed by atoms with Crippen molar-refractivity contribution in [2.45, 2.75) is 38.8 Å². The highest BCUT2D eigenvalue weighted by Crippen LogP contribution is 2.39. The summed E-state index contributed by atoms with van der Waals surface area (Å²) >= 11 is 6.78. The average Bonchev–Trinajstić information content (AvgIpc) is 3.58. The molecule has 2 atom stereocenters. The number of ether oxygens (including phenoxy) is 2. The van der Waals surface area contributed by atoms with Crippen molar-refractivity contribution in [1.82, 2.24) is 9.80 Å². The predicted octanol–water partition coefficient (Wildman–Crippen LogP) is 7.97. The maximum Gasteiger partial charge on any atom is 0.290 e. The molecule has 2 unspecified atom stereocenters. The van der Waals surface area contributed by atoms with Crippen molar-refractivity contribution in [2.24, 2.45) is 0 Å². The first-order valence-electron chi connectivity index (χ1n) is 17.1. The number of ketones is 2. The number of nitrogens with zero attached hydrogens (tertiary/aromatic N) is 2. The summed E-state index contributed by atoms with van der Waals surface area (Å²) in [5.41, 5.74) is 3.85. The first-order valence-corrected chi connectivity index (χ1v) is 18.7. The van der Waals surface area contributed by atoms with Crippen molar-refractivity contribution in [3.05, 3.63) is 151 Å². The second kappa shape index (κ2) is 17.7. The monoisotopic (exact) mass is 858 g/mol. The summed E-state index contributed by atoms with van der Waals surface area (Å²) in [4.78, 5) is 52.7. The number of rotatable bonds is 12. The second-order valence-corrected chi connectivity index (χ2v) is 14.5. The van der Waals surface area contributed by atoms with E-state index in [1.165, 1.54) is 13.8 Å². The number of carbonyl (C=O) groups is 4. The van der Waals surface area contributed by atoms with Gasteiger partial charge in [0, 0.05) is 22.0 Å². The topological polar surface area (TPSA) is 134 Å². The smallest absolute Gasteiger partial charge is 0.290 e. The number of carbonyl (C=O) groups excluding carboxylic acids is 4. The molecule has 4 aromatic carbocycles. The number of amides is 2. The van der Waals surface area contributed by atoms with Gasteiger partial charge in [-0.3, -0.25) is 19.2 Å². The van der Waals surface area contributed by atoms with Gasteiger partial charge >= 0.3 is 0 Å². The van der Waals surface area contributed by atoms with Crippen molar-refractivity contribution >= 4 is 55.2 Å². The third-order valence-corrected chi connectivity index (χ3v) is 10.4. The Labute approximate surface area is 331 Å². The molecule has 2 amide bonds. The normalized spacial score (nSPS) is 16.8. The first-order chi connectivity index (χ1) is 25.9. The molecule has 2 N–H and O–H groups in total. The summed E-state index contributed by atoms with van der Waals surface area (Å²) in [5, 5.41) is 20.6. The maximum absolute atomic E-state index is 12.7. The molecular weight excluding hydrogens is 820 g/mol. The third-order valence-electron chi connectivity index (χ3n) is 9.35. The molecule has 0 aromatic heterocycles. The van der Waals surface area contributed by atoms with Gasteiger partial charge in [0.25, 0.3) is 11.8 Å². The van der Waals surface area contributed by atoms with Crippen molar-refractivity contribution in [3.8, 4) is 11.5 Å². The lowest BCUT2D eigenvalue weighted by Gasteiger charge is -2.27. The van der Waals surface area contributed by atoms with Gasteiger partial charge in [0.2, 0.25) is 0 Å². The van der Waals surface area contributed by atoms with E-state index in [-0.39, 0.29) is 22.7 Å². The fraction of sp³-hybridized carbons (Fsp3) is 0.238. The lowest BCUT2D eigenvalue weighted by Crippen LogP contribution is -2.33. The Morgan fingerprint density at radius 3 is 1.50 bits per heavy atom. The van der Waals surface area contributed by atoms with E-state index in [0.717, 1.165) is 42.7 Å². The Hall–Kier alpha value is -5.20. The van der Waals surface area contributed by atoms with Crippen LogP contribution in [0.2, 0.25) is 0 Å². The lowest BCUT2D eigenvalue weighted by atomic mass is 9.96. The SMILES string of the molecule is COc1ccc(CCN2C(=O)C(O)=C(C(C)=O)C2c2ccc(Br)cc2)cc1.COc1ccccc1CCN1C(=O)C(O)=C(C(C)=O)C1c1ccc(Br)cc1. The average molecular weight is 861 g/mol. The summed E-state index contributed by atoms with van der Waals surface area (Å²) in [6.45, 7) is 3.47. The predicted molar refractivity (Wildman–Crippen MR) is 211 cm³/mol. The van der Waals surface area contributed by atoms with Gasteiger partial charge in [0.1, 0.15) is 11.5 Å². The van der Waals surface area contributed by atoms with Crippen LogP contribution in [0.15, 0.2) is 129 Å². The van der Waals surface area contributed by atoms with Crippen LogP contribution in [0.4, 0.5) is 0 Å². The molecule has 2 aliphatic rings. The number of halogens is 2. The number of aliphatic hydroxyl groups excluding tert-OH is 2. The van der Waals surface area contributed by atoms with Crippen LogP contribution >= 0.6 is 31.9 Å². The summed E-state index contributed by atoms with van der Waals surface area (Å²) in [7, 11) is 3.21. The highest BCUT2D eigenvalue weighted by atomic mass is 79.9. The lowest BCUT2D eigenvalue weighted by molar-refractivity contribution is -0.130. The zero-order chi connectivity index (χ0) is 39.1. The van der Waals surface area contributed by atoms with Gasteiger partial charge in [-0.15, -0.1) is 0 Å². The van der Waals surface area contributed by atoms with Crippen molar-refractivity contribution in [1.29, 1.82) is 0 Å². The Kier molecular flexibility index (Phi) is 13.1. The molecule has 0 radical (unpaired) electrons. The summed E-state index contributed by atoms with van der Waals surface area (Å²) < 4.78 is 12.3. The quantitative estimate of drug-likeness (QED) is 0.147. The van der Waals surface area contributed by atoms with Crippen LogP contribution < -0.4 is 9.47 Å². The Morgan fingerprint density at radius 2 is 1.07 bits per heavy atom. The highest BCUT2D eigenvalue weighted by Gasteiger charge is 2.43. The van der Waals surface area contributed by atoms with Crippen molar-refractivity contribution in [2.75, 3.05) is 27.3 Å². The molecule has 0 saturated heterocycles. The Balaban J connectivity index is 0.000000208.